The Morgan fingerprint density at radius 1 is 1.06 bits per heavy atom. The SMILES string of the molecule is C=CCOc1ccc(C(=O)N/N=C/c2ccccc2OCc2ccc([N+](=O)[O-])cc2)cc1OC. The molecule has 1 amide bonds. The Kier molecular flexibility index (Phi) is 8.34. The Bertz CT molecular complexity index is 1190. The summed E-state index contributed by atoms with van der Waals surface area (Å²) in [5, 5.41) is 14.8. The van der Waals surface area contributed by atoms with Crippen LogP contribution in [0.2, 0.25) is 0 Å². The van der Waals surface area contributed by atoms with Crippen LogP contribution in [-0.4, -0.2) is 30.8 Å². The standard InChI is InChI=1S/C25H23N3O6/c1-3-14-33-23-13-10-19(15-24(23)32-2)25(29)27-26-16-20-6-4-5-7-22(20)34-17-18-8-11-21(12-9-18)28(30)31/h3-13,15-16H,1,14,17H2,2H3,(H,27,29)/b26-16+. The summed E-state index contributed by atoms with van der Waals surface area (Å²) < 4.78 is 16.6. The van der Waals surface area contributed by atoms with Crippen LogP contribution < -0.4 is 19.6 Å². The number of carbonyl (C=O) groups excluding carboxylic acids is 1. The number of carbonyl (C=O) groups is 1. The number of benzene rings is 3. The van der Waals surface area contributed by atoms with Gasteiger partial charge in [0, 0.05) is 23.3 Å². The van der Waals surface area contributed by atoms with E-state index in [-0.39, 0.29) is 12.3 Å². The van der Waals surface area contributed by atoms with Crippen molar-refractivity contribution in [2.45, 2.75) is 6.61 Å². The zero-order valence-corrected chi connectivity index (χ0v) is 18.5. The molecule has 0 atom stereocenters. The van der Waals surface area contributed by atoms with Crippen molar-refractivity contribution in [2.75, 3.05) is 13.7 Å². The van der Waals surface area contributed by atoms with Gasteiger partial charge < -0.3 is 14.2 Å². The zero-order valence-electron chi connectivity index (χ0n) is 18.5. The lowest BCUT2D eigenvalue weighted by Gasteiger charge is -2.10. The smallest absolute Gasteiger partial charge is 0.271 e. The largest absolute Gasteiger partial charge is 0.493 e. The summed E-state index contributed by atoms with van der Waals surface area (Å²) in [6.07, 6.45) is 3.09. The molecule has 0 unspecified atom stereocenters. The molecule has 3 aromatic carbocycles. The fourth-order valence-corrected chi connectivity index (χ4v) is 2.90. The van der Waals surface area contributed by atoms with Gasteiger partial charge in [-0.05, 0) is 48.0 Å². The van der Waals surface area contributed by atoms with Crippen LogP contribution in [-0.2, 0) is 6.61 Å². The molecule has 174 valence electrons. The van der Waals surface area contributed by atoms with E-state index in [0.29, 0.717) is 35.0 Å². The minimum Gasteiger partial charge on any atom is -0.493 e. The van der Waals surface area contributed by atoms with Crippen molar-refractivity contribution in [3.05, 3.63) is 106 Å². The lowest BCUT2D eigenvalue weighted by molar-refractivity contribution is -0.384. The minimum atomic E-state index is -0.453. The van der Waals surface area contributed by atoms with Crippen molar-refractivity contribution < 1.29 is 23.9 Å². The zero-order chi connectivity index (χ0) is 24.3. The van der Waals surface area contributed by atoms with Crippen LogP contribution in [0.4, 0.5) is 5.69 Å². The molecular weight excluding hydrogens is 438 g/mol. The molecule has 3 aromatic rings. The van der Waals surface area contributed by atoms with Crippen LogP contribution >= 0.6 is 0 Å². The third-order valence-electron chi connectivity index (χ3n) is 4.61. The van der Waals surface area contributed by atoms with E-state index in [1.165, 1.54) is 25.5 Å². The van der Waals surface area contributed by atoms with E-state index in [1.807, 2.05) is 12.1 Å². The second-order valence-electron chi connectivity index (χ2n) is 6.91. The average molecular weight is 461 g/mol. The van der Waals surface area contributed by atoms with E-state index in [1.54, 1.807) is 48.5 Å². The Labute approximate surface area is 196 Å². The number of methoxy groups -OCH3 is 1. The van der Waals surface area contributed by atoms with Crippen molar-refractivity contribution in [1.29, 1.82) is 0 Å². The number of hydrogen-bond donors (Lipinski definition) is 1. The molecule has 3 rings (SSSR count). The highest BCUT2D eigenvalue weighted by Crippen LogP contribution is 2.28. The van der Waals surface area contributed by atoms with Gasteiger partial charge in [-0.3, -0.25) is 14.9 Å². The number of hydrogen-bond acceptors (Lipinski definition) is 7. The maximum absolute atomic E-state index is 12.5. The summed E-state index contributed by atoms with van der Waals surface area (Å²) in [5.74, 6) is 1.04. The summed E-state index contributed by atoms with van der Waals surface area (Å²) in [7, 11) is 1.49. The van der Waals surface area contributed by atoms with Crippen LogP contribution in [0, 0.1) is 10.1 Å². The van der Waals surface area contributed by atoms with Crippen LogP contribution in [0.1, 0.15) is 21.5 Å². The third-order valence-corrected chi connectivity index (χ3v) is 4.61. The van der Waals surface area contributed by atoms with Gasteiger partial charge in [-0.1, -0.05) is 24.8 Å². The average Bonchev–Trinajstić information content (AvgIpc) is 2.86. The van der Waals surface area contributed by atoms with Gasteiger partial charge >= 0.3 is 0 Å². The number of rotatable bonds is 11. The Morgan fingerprint density at radius 3 is 2.53 bits per heavy atom. The number of nitro benzene ring substituents is 1. The van der Waals surface area contributed by atoms with Crippen molar-refractivity contribution in [1.82, 2.24) is 5.43 Å². The van der Waals surface area contributed by atoms with Crippen LogP contribution in [0.25, 0.3) is 0 Å². The summed E-state index contributed by atoms with van der Waals surface area (Å²) in [6, 6.07) is 18.1. The molecule has 9 nitrogen and oxygen atoms in total. The maximum Gasteiger partial charge on any atom is 0.271 e. The first-order chi connectivity index (χ1) is 16.5. The molecule has 34 heavy (non-hydrogen) atoms. The molecular formula is C25H23N3O6. The monoisotopic (exact) mass is 461 g/mol. The molecule has 0 heterocycles. The quantitative estimate of drug-likeness (QED) is 0.195. The summed E-state index contributed by atoms with van der Waals surface area (Å²) >= 11 is 0. The minimum absolute atomic E-state index is 0.0172. The normalized spacial score (nSPS) is 10.5. The van der Waals surface area contributed by atoms with Crippen molar-refractivity contribution in [3.63, 3.8) is 0 Å². The van der Waals surface area contributed by atoms with E-state index in [2.05, 4.69) is 17.1 Å². The third kappa shape index (κ3) is 6.42. The first-order valence-corrected chi connectivity index (χ1v) is 10.2. The van der Waals surface area contributed by atoms with E-state index in [4.69, 9.17) is 14.2 Å². The molecule has 0 bridgehead atoms. The summed E-state index contributed by atoms with van der Waals surface area (Å²) in [5.41, 5.74) is 4.27. The molecule has 0 spiro atoms. The summed E-state index contributed by atoms with van der Waals surface area (Å²) in [6.45, 7) is 4.14. The first-order valence-electron chi connectivity index (χ1n) is 10.2. The second-order valence-corrected chi connectivity index (χ2v) is 6.91. The maximum atomic E-state index is 12.5. The van der Waals surface area contributed by atoms with E-state index in [9.17, 15) is 14.9 Å². The van der Waals surface area contributed by atoms with E-state index < -0.39 is 10.8 Å². The fraction of sp³-hybridized carbons (Fsp3) is 0.120. The highest BCUT2D eigenvalue weighted by molar-refractivity contribution is 5.95. The molecule has 0 aliphatic rings. The molecule has 0 fully saturated rings. The lowest BCUT2D eigenvalue weighted by Crippen LogP contribution is -2.17. The predicted octanol–water partition coefficient (Wildman–Crippen LogP) is 4.51. The Balaban J connectivity index is 1.63. The molecule has 0 aliphatic heterocycles. The number of non-ortho nitro benzene ring substituents is 1. The number of nitro groups is 1. The van der Waals surface area contributed by atoms with Gasteiger partial charge in [0.1, 0.15) is 19.0 Å². The Hall–Kier alpha value is -4.66. The first kappa shape index (κ1) is 24.0. The molecule has 9 heteroatoms. The van der Waals surface area contributed by atoms with Gasteiger partial charge in [-0.15, -0.1) is 0 Å². The Morgan fingerprint density at radius 2 is 1.82 bits per heavy atom. The fourth-order valence-electron chi connectivity index (χ4n) is 2.90. The molecule has 0 saturated carbocycles. The van der Waals surface area contributed by atoms with Crippen molar-refractivity contribution in [2.24, 2.45) is 5.10 Å². The van der Waals surface area contributed by atoms with Gasteiger partial charge in [0.05, 0.1) is 18.2 Å². The summed E-state index contributed by atoms with van der Waals surface area (Å²) in [4.78, 5) is 22.8. The number of amides is 1. The van der Waals surface area contributed by atoms with Crippen molar-refractivity contribution >= 4 is 17.8 Å². The van der Waals surface area contributed by atoms with Crippen LogP contribution in [0.3, 0.4) is 0 Å². The van der Waals surface area contributed by atoms with E-state index in [0.717, 1.165) is 5.56 Å². The topological polar surface area (TPSA) is 112 Å². The molecule has 0 aliphatic carbocycles. The molecule has 0 aromatic heterocycles. The predicted molar refractivity (Wildman–Crippen MR) is 128 cm³/mol. The van der Waals surface area contributed by atoms with Gasteiger partial charge in [-0.25, -0.2) is 5.43 Å². The molecule has 1 N–H and O–H groups in total. The van der Waals surface area contributed by atoms with Gasteiger partial charge in [0.2, 0.25) is 0 Å². The van der Waals surface area contributed by atoms with Crippen LogP contribution in [0.5, 0.6) is 17.2 Å². The van der Waals surface area contributed by atoms with Gasteiger partial charge in [0.15, 0.2) is 11.5 Å². The van der Waals surface area contributed by atoms with E-state index >= 15 is 0 Å². The number of nitrogens with one attached hydrogen (secondary N) is 1. The molecule has 0 saturated heterocycles. The number of nitrogens with zero attached hydrogens (tertiary/aromatic N) is 2. The highest BCUT2D eigenvalue weighted by atomic mass is 16.6. The number of hydrazone groups is 1. The number of ether oxygens (including phenoxy) is 3. The van der Waals surface area contributed by atoms with Crippen molar-refractivity contribution in [3.8, 4) is 17.2 Å². The van der Waals surface area contributed by atoms with Crippen LogP contribution in [0.15, 0.2) is 84.5 Å². The lowest BCUT2D eigenvalue weighted by atomic mass is 10.2. The van der Waals surface area contributed by atoms with Gasteiger partial charge in [-0.2, -0.15) is 5.10 Å². The van der Waals surface area contributed by atoms with Gasteiger partial charge in [0.25, 0.3) is 11.6 Å². The highest BCUT2D eigenvalue weighted by Gasteiger charge is 2.11. The molecule has 0 radical (unpaired) electrons. The second kappa shape index (κ2) is 11.8. The number of para-hydroxylation sites is 1.